The Kier molecular flexibility index (Phi) is 6.94. The van der Waals surface area contributed by atoms with Crippen molar-refractivity contribution in [3.63, 3.8) is 0 Å². The lowest BCUT2D eigenvalue weighted by Crippen LogP contribution is -2.41. The molecule has 2 atom stereocenters. The molecule has 6 heteroatoms. The molecule has 4 nitrogen and oxygen atoms in total. The first-order valence-corrected chi connectivity index (χ1v) is 11.6. The Morgan fingerprint density at radius 2 is 1.94 bits per heavy atom. The number of H-pyrrole nitrogens is 1. The second-order valence-electron chi connectivity index (χ2n) is 8.11. The van der Waals surface area contributed by atoms with Gasteiger partial charge in [-0.25, -0.2) is 0 Å². The monoisotopic (exact) mass is 506 g/mol. The molecule has 2 aromatic carbocycles. The van der Waals surface area contributed by atoms with Crippen LogP contribution in [-0.4, -0.2) is 29.3 Å². The average Bonchev–Trinajstić information content (AvgIpc) is 2.81. The largest absolute Gasteiger partial charge is 0.383 e. The van der Waals surface area contributed by atoms with Crippen molar-refractivity contribution in [2.24, 2.45) is 0 Å². The highest BCUT2D eigenvalue weighted by Gasteiger charge is 2.42. The van der Waals surface area contributed by atoms with E-state index in [0.29, 0.717) is 36.0 Å². The van der Waals surface area contributed by atoms with Crippen LogP contribution >= 0.6 is 15.9 Å². The SMILES string of the molecule is CNCCCC(O)(C1=C=C=C(F)C=C1)C(c1ccccc1)c1cc2cc(Br)ccc2[nH]c1=O. The lowest BCUT2D eigenvalue weighted by atomic mass is 9.71. The second-order valence-corrected chi connectivity index (χ2v) is 9.02. The van der Waals surface area contributed by atoms with Crippen molar-refractivity contribution in [3.05, 3.63) is 116 Å². The number of hydrogen-bond donors (Lipinski definition) is 3. The summed E-state index contributed by atoms with van der Waals surface area (Å²) in [4.78, 5) is 16.3. The maximum absolute atomic E-state index is 13.7. The van der Waals surface area contributed by atoms with Gasteiger partial charge in [0.15, 0.2) is 5.83 Å². The van der Waals surface area contributed by atoms with Crippen molar-refractivity contribution in [1.29, 1.82) is 0 Å². The highest BCUT2D eigenvalue weighted by molar-refractivity contribution is 9.10. The van der Waals surface area contributed by atoms with Crippen molar-refractivity contribution in [2.45, 2.75) is 24.4 Å². The Hall–Kier alpha value is -2.98. The van der Waals surface area contributed by atoms with Gasteiger partial charge in [-0.1, -0.05) is 52.0 Å². The zero-order valence-electron chi connectivity index (χ0n) is 18.2. The molecule has 3 aromatic rings. The quantitative estimate of drug-likeness (QED) is 0.288. The molecule has 0 fully saturated rings. The van der Waals surface area contributed by atoms with E-state index >= 15 is 0 Å². The van der Waals surface area contributed by atoms with Crippen molar-refractivity contribution >= 4 is 26.8 Å². The third-order valence-electron chi connectivity index (χ3n) is 5.92. The molecule has 0 spiro atoms. The summed E-state index contributed by atoms with van der Waals surface area (Å²) in [5, 5.41) is 16.2. The zero-order valence-corrected chi connectivity index (χ0v) is 19.7. The van der Waals surface area contributed by atoms with Gasteiger partial charge in [-0.05, 0) is 79.5 Å². The second kappa shape index (κ2) is 9.88. The maximum atomic E-state index is 13.7. The number of benzene rings is 2. The van der Waals surface area contributed by atoms with Crippen LogP contribution in [0, 0.1) is 0 Å². The number of rotatable bonds is 8. The minimum absolute atomic E-state index is 0.281. The smallest absolute Gasteiger partial charge is 0.252 e. The number of fused-ring (bicyclic) bond motifs is 1. The molecule has 0 aliphatic heterocycles. The van der Waals surface area contributed by atoms with E-state index in [4.69, 9.17) is 0 Å². The van der Waals surface area contributed by atoms with Gasteiger partial charge in [-0.15, -0.1) is 0 Å². The molecule has 0 bridgehead atoms. The van der Waals surface area contributed by atoms with E-state index < -0.39 is 17.3 Å². The molecule has 0 amide bonds. The molecular formula is C27H24BrFN2O2. The van der Waals surface area contributed by atoms with Crippen LogP contribution in [0.5, 0.6) is 0 Å². The van der Waals surface area contributed by atoms with E-state index in [1.807, 2.05) is 61.6 Å². The molecule has 1 aliphatic rings. The first-order chi connectivity index (χ1) is 15.9. The number of aromatic amines is 1. The standard InChI is InChI=1S/C27H24BrFN2O2/c1-30-15-5-14-27(33,20-8-11-22(29)12-9-20)25(18-6-3-2-4-7-18)23-17-19-16-21(28)10-13-24(19)31-26(23)32/h2-4,6-8,10-11,13,16-17,25,30,33H,5,14-15H2,1H3,(H,31,32). The summed E-state index contributed by atoms with van der Waals surface area (Å²) in [5.74, 6) is -1.27. The fourth-order valence-electron chi connectivity index (χ4n) is 4.36. The third kappa shape index (κ3) is 4.86. The number of allylic oxidation sites excluding steroid dienone is 2. The van der Waals surface area contributed by atoms with Gasteiger partial charge in [-0.3, -0.25) is 4.79 Å². The lowest BCUT2D eigenvalue weighted by Gasteiger charge is -2.37. The van der Waals surface area contributed by atoms with E-state index in [1.54, 1.807) is 0 Å². The topological polar surface area (TPSA) is 65.1 Å². The fraction of sp³-hybridized carbons (Fsp3) is 0.222. The average molecular weight is 507 g/mol. The number of hydrogen-bond acceptors (Lipinski definition) is 3. The molecular weight excluding hydrogens is 483 g/mol. The van der Waals surface area contributed by atoms with E-state index in [1.165, 1.54) is 12.2 Å². The first kappa shape index (κ1) is 23.2. The van der Waals surface area contributed by atoms with Gasteiger partial charge in [0.25, 0.3) is 5.56 Å². The van der Waals surface area contributed by atoms with Crippen LogP contribution in [0.1, 0.15) is 29.9 Å². The molecule has 0 radical (unpaired) electrons. The molecule has 2 unspecified atom stereocenters. The predicted molar refractivity (Wildman–Crippen MR) is 133 cm³/mol. The van der Waals surface area contributed by atoms with Gasteiger partial charge in [-0.2, -0.15) is 4.39 Å². The Bertz CT molecular complexity index is 1370. The molecule has 1 heterocycles. The van der Waals surface area contributed by atoms with Gasteiger partial charge in [0.2, 0.25) is 0 Å². The summed E-state index contributed by atoms with van der Waals surface area (Å²) in [5.41, 5.74) is 5.75. The van der Waals surface area contributed by atoms with Crippen LogP contribution in [0.3, 0.4) is 0 Å². The van der Waals surface area contributed by atoms with Crippen molar-refractivity contribution in [2.75, 3.05) is 13.6 Å². The van der Waals surface area contributed by atoms with Crippen LogP contribution in [0.25, 0.3) is 10.9 Å². The maximum Gasteiger partial charge on any atom is 0.252 e. The normalized spacial score (nSPS) is 15.8. The molecule has 4 rings (SSSR count). The molecule has 33 heavy (non-hydrogen) atoms. The molecule has 1 aromatic heterocycles. The Balaban J connectivity index is 1.99. The van der Waals surface area contributed by atoms with Crippen LogP contribution in [0.15, 0.2) is 98.9 Å². The molecule has 3 N–H and O–H groups in total. The lowest BCUT2D eigenvalue weighted by molar-refractivity contribution is 0.0532. The van der Waals surface area contributed by atoms with Crippen LogP contribution in [0.4, 0.5) is 4.39 Å². The Morgan fingerprint density at radius 1 is 1.15 bits per heavy atom. The van der Waals surface area contributed by atoms with Gasteiger partial charge in [0, 0.05) is 27.0 Å². The van der Waals surface area contributed by atoms with Gasteiger partial charge < -0.3 is 15.4 Å². The number of aromatic nitrogens is 1. The molecule has 0 saturated heterocycles. The summed E-state index contributed by atoms with van der Waals surface area (Å²) < 4.78 is 14.6. The minimum Gasteiger partial charge on any atom is -0.383 e. The zero-order chi connectivity index (χ0) is 23.4. The predicted octanol–water partition coefficient (Wildman–Crippen LogP) is 5.26. The number of pyridine rings is 1. The number of nitrogens with one attached hydrogen (secondary N) is 2. The van der Waals surface area contributed by atoms with Crippen LogP contribution < -0.4 is 10.9 Å². The van der Waals surface area contributed by atoms with Crippen LogP contribution in [0.2, 0.25) is 0 Å². The first-order valence-electron chi connectivity index (χ1n) is 10.8. The summed E-state index contributed by atoms with van der Waals surface area (Å²) in [6.07, 6.45) is 3.75. The molecule has 0 saturated carbocycles. The summed E-state index contributed by atoms with van der Waals surface area (Å²) in [6, 6.07) is 16.9. The Labute approximate surface area is 200 Å². The minimum atomic E-state index is -1.52. The number of halogens is 2. The third-order valence-corrected chi connectivity index (χ3v) is 6.41. The Morgan fingerprint density at radius 3 is 2.64 bits per heavy atom. The van der Waals surface area contributed by atoms with Crippen molar-refractivity contribution in [3.8, 4) is 0 Å². The van der Waals surface area contributed by atoms with Gasteiger partial charge in [0.1, 0.15) is 5.60 Å². The van der Waals surface area contributed by atoms with Gasteiger partial charge >= 0.3 is 0 Å². The van der Waals surface area contributed by atoms with E-state index in [-0.39, 0.29) is 5.56 Å². The van der Waals surface area contributed by atoms with Crippen molar-refractivity contribution < 1.29 is 9.50 Å². The summed E-state index contributed by atoms with van der Waals surface area (Å²) in [6.45, 7) is 0.676. The van der Waals surface area contributed by atoms with E-state index in [2.05, 4.69) is 37.7 Å². The van der Waals surface area contributed by atoms with E-state index in [9.17, 15) is 14.3 Å². The summed E-state index contributed by atoms with van der Waals surface area (Å²) in [7, 11) is 1.84. The van der Waals surface area contributed by atoms with E-state index in [0.717, 1.165) is 15.4 Å². The number of aliphatic hydroxyl groups is 1. The highest BCUT2D eigenvalue weighted by atomic mass is 79.9. The summed E-state index contributed by atoms with van der Waals surface area (Å²) >= 11 is 3.49. The highest BCUT2D eigenvalue weighted by Crippen LogP contribution is 2.42. The molecule has 1 aliphatic carbocycles. The van der Waals surface area contributed by atoms with Gasteiger partial charge in [0.05, 0.1) is 0 Å². The van der Waals surface area contributed by atoms with Crippen LogP contribution in [-0.2, 0) is 0 Å². The van der Waals surface area contributed by atoms with Crippen molar-refractivity contribution in [1.82, 2.24) is 10.3 Å². The molecule has 168 valence electrons. The fourth-order valence-corrected chi connectivity index (χ4v) is 4.73.